The Morgan fingerprint density at radius 3 is 1.03 bits per heavy atom. The number of hydrogen-bond donors (Lipinski definition) is 4. The topological polar surface area (TPSA) is 101 Å². The molecule has 6 atom stereocenters. The summed E-state index contributed by atoms with van der Waals surface area (Å²) in [7, 11) is 0. The maximum atomic E-state index is 13.3. The molecular weight excluding hydrogens is 949 g/mol. The first-order valence-corrected chi connectivity index (χ1v) is 22.7. The van der Waals surface area contributed by atoms with Crippen LogP contribution in [0.1, 0.15) is 122 Å². The molecule has 20 heteroatoms. The maximum absolute atomic E-state index is 13.3. The highest BCUT2D eigenvalue weighted by Crippen LogP contribution is 2.43. The standard InChI is InChI=1S/2C25H26F6N2O2/c2*1-16(17-11-19(24(26,27)28)13-20(12-17)25(29,30)31)35-15-23(18-5-3-2-4-6-18)10-9-22(14-32-23)8-7-21(34)33-22/h2*2-6,11-13,16,32H,7-10,14-15H2,1H3,(H,33,34)/t16-,22+,23-;16-,22-,23-/m11/s1. The molecule has 0 aromatic heterocycles. The predicted octanol–water partition coefficient (Wildman–Crippen LogP) is 11.5. The van der Waals surface area contributed by atoms with Gasteiger partial charge in [0.1, 0.15) is 0 Å². The third kappa shape index (κ3) is 12.1. The summed E-state index contributed by atoms with van der Waals surface area (Å²) >= 11 is 0. The van der Waals surface area contributed by atoms with E-state index < -0.39 is 70.2 Å². The van der Waals surface area contributed by atoms with E-state index in [0.717, 1.165) is 11.1 Å². The van der Waals surface area contributed by atoms with Gasteiger partial charge in [0.25, 0.3) is 0 Å². The molecule has 4 aliphatic heterocycles. The van der Waals surface area contributed by atoms with E-state index in [-0.39, 0.29) is 59.4 Å². The Morgan fingerprint density at radius 2 is 0.786 bits per heavy atom. The van der Waals surface area contributed by atoms with Gasteiger partial charge >= 0.3 is 24.7 Å². The summed E-state index contributed by atoms with van der Waals surface area (Å²) in [5, 5.41) is 13.0. The van der Waals surface area contributed by atoms with Crippen LogP contribution in [0.2, 0.25) is 0 Å². The van der Waals surface area contributed by atoms with Gasteiger partial charge in [0.15, 0.2) is 0 Å². The van der Waals surface area contributed by atoms with Crippen molar-refractivity contribution in [2.45, 2.75) is 124 Å². The zero-order chi connectivity index (χ0) is 51.0. The van der Waals surface area contributed by atoms with E-state index in [1.165, 1.54) is 13.8 Å². The SMILES string of the molecule is C[C@@H](OC[C@@]1(c2ccccc2)CC[C@@]2(CCC(=O)N2)CN1)c1cc(C(F)(F)F)cc(C(F)(F)F)c1.C[C@@H](OC[C@@]1(c2ccccc2)CC[C@]2(CCC(=O)N2)CN1)c1cc(C(F)(F)F)cc(C(F)(F)F)c1. The van der Waals surface area contributed by atoms with E-state index in [0.29, 0.717) is 88.7 Å². The first-order valence-electron chi connectivity index (χ1n) is 22.7. The van der Waals surface area contributed by atoms with E-state index in [4.69, 9.17) is 9.47 Å². The summed E-state index contributed by atoms with van der Waals surface area (Å²) in [6, 6.07) is 21.7. The fourth-order valence-corrected chi connectivity index (χ4v) is 9.70. The molecule has 2 spiro atoms. The largest absolute Gasteiger partial charge is 0.416 e. The highest BCUT2D eigenvalue weighted by Gasteiger charge is 2.49. The Morgan fingerprint density at radius 1 is 0.471 bits per heavy atom. The number of carbonyl (C=O) groups excluding carboxylic acids is 2. The molecule has 380 valence electrons. The molecule has 0 aliphatic carbocycles. The second kappa shape index (κ2) is 19.8. The number of ether oxygens (including phenoxy) is 2. The molecule has 2 amide bonds. The fraction of sp³-hybridized carbons (Fsp3) is 0.480. The molecule has 0 saturated carbocycles. The molecule has 70 heavy (non-hydrogen) atoms. The van der Waals surface area contributed by atoms with Crippen molar-refractivity contribution in [3.8, 4) is 0 Å². The lowest BCUT2D eigenvalue weighted by atomic mass is 9.76. The van der Waals surface area contributed by atoms with Crippen LogP contribution in [-0.2, 0) is 54.8 Å². The van der Waals surface area contributed by atoms with Gasteiger partial charge in [-0.15, -0.1) is 0 Å². The molecule has 4 heterocycles. The number of nitrogens with one attached hydrogen (secondary N) is 4. The Hall–Kier alpha value is -5.18. The van der Waals surface area contributed by atoms with Crippen molar-refractivity contribution in [3.63, 3.8) is 0 Å². The van der Waals surface area contributed by atoms with Crippen LogP contribution in [0.5, 0.6) is 0 Å². The van der Waals surface area contributed by atoms with Crippen molar-refractivity contribution in [1.82, 2.24) is 21.3 Å². The quantitative estimate of drug-likeness (QED) is 0.118. The van der Waals surface area contributed by atoms with Crippen molar-refractivity contribution in [2.75, 3.05) is 26.3 Å². The lowest BCUT2D eigenvalue weighted by Crippen LogP contribution is -2.61. The number of piperidine rings is 2. The van der Waals surface area contributed by atoms with Crippen molar-refractivity contribution in [3.05, 3.63) is 142 Å². The second-order valence-electron chi connectivity index (χ2n) is 18.8. The Balaban J connectivity index is 0.000000206. The first-order chi connectivity index (χ1) is 32.6. The van der Waals surface area contributed by atoms with Crippen molar-refractivity contribution in [2.24, 2.45) is 0 Å². The van der Waals surface area contributed by atoms with Crippen molar-refractivity contribution in [1.29, 1.82) is 0 Å². The van der Waals surface area contributed by atoms with Gasteiger partial charge in [-0.05, 0) is 111 Å². The molecule has 4 aliphatic rings. The summed E-state index contributed by atoms with van der Waals surface area (Å²) in [5.74, 6) is -0.0113. The number of amides is 2. The van der Waals surface area contributed by atoms with Gasteiger partial charge in [-0.3, -0.25) is 9.59 Å². The van der Waals surface area contributed by atoms with Gasteiger partial charge in [0, 0.05) is 25.9 Å². The fourth-order valence-electron chi connectivity index (χ4n) is 9.70. The van der Waals surface area contributed by atoms with E-state index in [2.05, 4.69) is 21.3 Å². The van der Waals surface area contributed by atoms with Crippen LogP contribution in [0.15, 0.2) is 97.1 Å². The normalized spacial score (nSPS) is 26.1. The smallest absolute Gasteiger partial charge is 0.372 e. The van der Waals surface area contributed by atoms with Gasteiger partial charge in [0.2, 0.25) is 11.8 Å². The Kier molecular flexibility index (Phi) is 14.9. The Bertz CT molecular complexity index is 2230. The molecule has 0 unspecified atom stereocenters. The van der Waals surface area contributed by atoms with E-state index in [9.17, 15) is 62.3 Å². The highest BCUT2D eigenvalue weighted by molar-refractivity contribution is 5.80. The molecule has 4 fully saturated rings. The number of benzene rings is 4. The van der Waals surface area contributed by atoms with E-state index in [1.807, 2.05) is 60.7 Å². The minimum absolute atomic E-state index is 0.00565. The molecule has 4 aromatic rings. The van der Waals surface area contributed by atoms with Gasteiger partial charge in [-0.1, -0.05) is 60.7 Å². The van der Waals surface area contributed by atoms with E-state index >= 15 is 0 Å². The molecule has 4 N–H and O–H groups in total. The van der Waals surface area contributed by atoms with Gasteiger partial charge in [0.05, 0.1) is 69.8 Å². The molecule has 8 rings (SSSR count). The molecule has 8 nitrogen and oxygen atoms in total. The van der Waals surface area contributed by atoms with Crippen LogP contribution in [0, 0.1) is 0 Å². The van der Waals surface area contributed by atoms with E-state index in [1.54, 1.807) is 0 Å². The lowest BCUT2D eigenvalue weighted by molar-refractivity contribution is -0.145. The molecule has 4 aromatic carbocycles. The number of rotatable bonds is 10. The molecule has 4 saturated heterocycles. The van der Waals surface area contributed by atoms with Crippen LogP contribution in [0.3, 0.4) is 0 Å². The Labute approximate surface area is 396 Å². The number of carbonyl (C=O) groups is 2. The first kappa shape index (κ1) is 52.6. The summed E-state index contributed by atoms with van der Waals surface area (Å²) < 4.78 is 171. The number of alkyl halides is 12. The average molecular weight is 1000 g/mol. The molecule has 0 radical (unpaired) electrons. The predicted molar refractivity (Wildman–Crippen MR) is 233 cm³/mol. The molecular formula is C50H52F12N4O4. The monoisotopic (exact) mass is 1000 g/mol. The maximum Gasteiger partial charge on any atom is 0.416 e. The van der Waals surface area contributed by atoms with Crippen molar-refractivity contribution >= 4 is 11.8 Å². The van der Waals surface area contributed by atoms with Crippen LogP contribution >= 0.6 is 0 Å². The van der Waals surface area contributed by atoms with Crippen LogP contribution in [0.4, 0.5) is 52.7 Å². The van der Waals surface area contributed by atoms with Crippen LogP contribution in [-0.4, -0.2) is 49.2 Å². The summed E-state index contributed by atoms with van der Waals surface area (Å²) in [6.45, 7) is 3.89. The minimum atomic E-state index is -4.92. The number of hydrogen-bond acceptors (Lipinski definition) is 6. The summed E-state index contributed by atoms with van der Waals surface area (Å²) in [6.07, 6.45) is -17.0. The van der Waals surface area contributed by atoms with Crippen LogP contribution < -0.4 is 21.3 Å². The van der Waals surface area contributed by atoms with Gasteiger partial charge < -0.3 is 30.7 Å². The second-order valence-corrected chi connectivity index (χ2v) is 18.8. The van der Waals surface area contributed by atoms with Gasteiger partial charge in [-0.25, -0.2) is 0 Å². The highest BCUT2D eigenvalue weighted by atomic mass is 19.4. The van der Waals surface area contributed by atoms with Crippen LogP contribution in [0.25, 0.3) is 0 Å². The lowest BCUT2D eigenvalue weighted by Gasteiger charge is -2.46. The third-order valence-electron chi connectivity index (χ3n) is 14.0. The van der Waals surface area contributed by atoms with Gasteiger partial charge in [-0.2, -0.15) is 52.7 Å². The minimum Gasteiger partial charge on any atom is -0.372 e. The summed E-state index contributed by atoms with van der Waals surface area (Å²) in [5.41, 5.74) is -6.22. The summed E-state index contributed by atoms with van der Waals surface area (Å²) in [4.78, 5) is 23.6. The van der Waals surface area contributed by atoms with Crippen molar-refractivity contribution < 1.29 is 71.7 Å². The number of halogens is 12. The third-order valence-corrected chi connectivity index (χ3v) is 14.0. The average Bonchev–Trinajstić information content (AvgIpc) is 3.88. The zero-order valence-electron chi connectivity index (χ0n) is 38.0. The molecule has 0 bridgehead atoms. The zero-order valence-corrected chi connectivity index (χ0v) is 38.0.